The van der Waals surface area contributed by atoms with Crippen LogP contribution in [0, 0.1) is 5.92 Å². The molecule has 3 unspecified atom stereocenters. The smallest absolute Gasteiger partial charge is 0.315 e. The van der Waals surface area contributed by atoms with Crippen molar-refractivity contribution in [1.29, 1.82) is 0 Å². The van der Waals surface area contributed by atoms with E-state index in [1.807, 2.05) is 39.0 Å². The topological polar surface area (TPSA) is 61.4 Å². The Morgan fingerprint density at radius 3 is 2.60 bits per heavy atom. The lowest BCUT2D eigenvalue weighted by Gasteiger charge is -2.20. The highest BCUT2D eigenvalue weighted by Gasteiger charge is 2.15. The van der Waals surface area contributed by atoms with Crippen molar-refractivity contribution in [2.24, 2.45) is 5.92 Å². The summed E-state index contributed by atoms with van der Waals surface area (Å²) in [5.41, 5.74) is 0.867. The summed E-state index contributed by atoms with van der Waals surface area (Å²) in [6, 6.07) is 6.90. The van der Waals surface area contributed by atoms with Crippen LogP contribution in [-0.4, -0.2) is 23.8 Å². The zero-order valence-electron chi connectivity index (χ0n) is 12.2. The molecule has 0 heterocycles. The van der Waals surface area contributed by atoms with Crippen LogP contribution in [0.4, 0.5) is 4.79 Å². The molecule has 1 rings (SSSR count). The second-order valence-corrected chi connectivity index (χ2v) is 5.46. The highest BCUT2D eigenvalue weighted by molar-refractivity contribution is 6.31. The van der Waals surface area contributed by atoms with Crippen molar-refractivity contribution >= 4 is 17.6 Å². The summed E-state index contributed by atoms with van der Waals surface area (Å²) < 4.78 is 0. The summed E-state index contributed by atoms with van der Waals surface area (Å²) in [7, 11) is 0. The minimum atomic E-state index is -0.527. The first-order valence-corrected chi connectivity index (χ1v) is 7.30. The van der Waals surface area contributed by atoms with Crippen LogP contribution in [0.2, 0.25) is 5.02 Å². The van der Waals surface area contributed by atoms with E-state index in [4.69, 9.17) is 11.6 Å². The number of hydrogen-bond acceptors (Lipinski definition) is 2. The van der Waals surface area contributed by atoms with E-state index >= 15 is 0 Å². The number of aliphatic hydroxyl groups excluding tert-OH is 1. The minimum Gasteiger partial charge on any atom is -0.391 e. The molecule has 0 saturated carbocycles. The van der Waals surface area contributed by atoms with Gasteiger partial charge in [-0.05, 0) is 24.5 Å². The van der Waals surface area contributed by atoms with Crippen molar-refractivity contribution in [2.45, 2.75) is 39.3 Å². The molecule has 0 radical (unpaired) electrons. The van der Waals surface area contributed by atoms with Crippen LogP contribution in [0.15, 0.2) is 24.3 Å². The van der Waals surface area contributed by atoms with Crippen LogP contribution >= 0.6 is 11.6 Å². The van der Waals surface area contributed by atoms with Crippen molar-refractivity contribution < 1.29 is 9.90 Å². The van der Waals surface area contributed by atoms with Crippen molar-refractivity contribution in [3.05, 3.63) is 34.9 Å². The van der Waals surface area contributed by atoms with Gasteiger partial charge in [-0.2, -0.15) is 0 Å². The molecule has 0 saturated heterocycles. The maximum atomic E-state index is 11.8. The first kappa shape index (κ1) is 16.8. The van der Waals surface area contributed by atoms with Gasteiger partial charge in [-0.1, -0.05) is 50.1 Å². The van der Waals surface area contributed by atoms with Crippen LogP contribution in [0.1, 0.15) is 38.8 Å². The van der Waals surface area contributed by atoms with E-state index in [0.29, 0.717) is 5.02 Å². The molecule has 1 aromatic carbocycles. The Balaban J connectivity index is 2.45. The molecule has 4 nitrogen and oxygen atoms in total. The average Bonchev–Trinajstić information content (AvgIpc) is 2.44. The zero-order valence-corrected chi connectivity index (χ0v) is 12.9. The maximum absolute atomic E-state index is 11.8. The Kier molecular flexibility index (Phi) is 6.82. The van der Waals surface area contributed by atoms with Crippen LogP contribution < -0.4 is 10.6 Å². The zero-order chi connectivity index (χ0) is 15.1. The number of hydrogen-bond donors (Lipinski definition) is 3. The molecule has 3 atom stereocenters. The Bertz CT molecular complexity index is 440. The van der Waals surface area contributed by atoms with E-state index in [0.717, 1.165) is 12.0 Å². The van der Waals surface area contributed by atoms with Gasteiger partial charge in [0.1, 0.15) is 0 Å². The lowest BCUT2D eigenvalue weighted by Crippen LogP contribution is -2.42. The molecule has 20 heavy (non-hydrogen) atoms. The predicted molar refractivity (Wildman–Crippen MR) is 81.9 cm³/mol. The molecule has 0 spiro atoms. The van der Waals surface area contributed by atoms with Crippen molar-refractivity contribution in [3.8, 4) is 0 Å². The SMILES string of the molecule is CCC(C)C(O)CNC(=O)NC(C)c1ccccc1Cl. The molecule has 0 aliphatic rings. The van der Waals surface area contributed by atoms with Gasteiger partial charge >= 0.3 is 6.03 Å². The van der Waals surface area contributed by atoms with Crippen LogP contribution in [-0.2, 0) is 0 Å². The molecule has 0 aromatic heterocycles. The lowest BCUT2D eigenvalue weighted by molar-refractivity contribution is 0.114. The van der Waals surface area contributed by atoms with Crippen molar-refractivity contribution in [2.75, 3.05) is 6.54 Å². The Morgan fingerprint density at radius 1 is 1.35 bits per heavy atom. The van der Waals surface area contributed by atoms with Crippen molar-refractivity contribution in [3.63, 3.8) is 0 Å². The molecule has 112 valence electrons. The Hall–Kier alpha value is -1.26. The molecule has 0 fully saturated rings. The third-order valence-electron chi connectivity index (χ3n) is 3.49. The highest BCUT2D eigenvalue weighted by atomic mass is 35.5. The average molecular weight is 299 g/mol. The molecule has 5 heteroatoms. The predicted octanol–water partition coefficient (Wildman–Crippen LogP) is 3.11. The van der Waals surface area contributed by atoms with Crippen LogP contribution in [0.3, 0.4) is 0 Å². The minimum absolute atomic E-state index is 0.163. The first-order chi connectivity index (χ1) is 9.45. The van der Waals surface area contributed by atoms with E-state index in [-0.39, 0.29) is 24.5 Å². The summed E-state index contributed by atoms with van der Waals surface area (Å²) >= 11 is 6.08. The maximum Gasteiger partial charge on any atom is 0.315 e. The molecule has 3 N–H and O–H groups in total. The van der Waals surface area contributed by atoms with Gasteiger partial charge in [0.2, 0.25) is 0 Å². The molecule has 0 aliphatic heterocycles. The van der Waals surface area contributed by atoms with Gasteiger partial charge in [0.15, 0.2) is 0 Å². The molecule has 0 bridgehead atoms. The van der Waals surface area contributed by atoms with E-state index in [2.05, 4.69) is 10.6 Å². The second-order valence-electron chi connectivity index (χ2n) is 5.05. The number of urea groups is 1. The number of carbonyl (C=O) groups is 1. The summed E-state index contributed by atoms with van der Waals surface area (Å²) in [4.78, 5) is 11.8. The monoisotopic (exact) mass is 298 g/mol. The van der Waals surface area contributed by atoms with E-state index in [9.17, 15) is 9.90 Å². The van der Waals surface area contributed by atoms with Gasteiger partial charge in [-0.25, -0.2) is 4.79 Å². The van der Waals surface area contributed by atoms with Crippen LogP contribution in [0.5, 0.6) is 0 Å². The Morgan fingerprint density at radius 2 is 2.00 bits per heavy atom. The van der Waals surface area contributed by atoms with E-state index in [1.165, 1.54) is 0 Å². The molecule has 1 aromatic rings. The van der Waals surface area contributed by atoms with E-state index in [1.54, 1.807) is 6.07 Å². The summed E-state index contributed by atoms with van der Waals surface area (Å²) in [5, 5.41) is 15.9. The van der Waals surface area contributed by atoms with Crippen LogP contribution in [0.25, 0.3) is 0 Å². The fraction of sp³-hybridized carbons (Fsp3) is 0.533. The van der Waals surface area contributed by atoms with E-state index < -0.39 is 6.10 Å². The third kappa shape index (κ3) is 5.02. The molecule has 2 amide bonds. The third-order valence-corrected chi connectivity index (χ3v) is 3.84. The van der Waals surface area contributed by atoms with Gasteiger partial charge in [0.05, 0.1) is 12.1 Å². The van der Waals surface area contributed by atoms with Gasteiger partial charge in [0, 0.05) is 11.6 Å². The number of rotatable bonds is 6. The largest absolute Gasteiger partial charge is 0.391 e. The summed E-state index contributed by atoms with van der Waals surface area (Å²) in [5.74, 6) is 0.163. The standard InChI is InChI=1S/C15H23ClN2O2/c1-4-10(2)14(19)9-17-15(20)18-11(3)12-7-5-6-8-13(12)16/h5-8,10-11,14,19H,4,9H2,1-3H3,(H2,17,18,20). The number of benzene rings is 1. The Labute approximate surface area is 125 Å². The number of halogens is 1. The number of nitrogens with one attached hydrogen (secondary N) is 2. The first-order valence-electron chi connectivity index (χ1n) is 6.92. The second kappa shape index (κ2) is 8.12. The summed E-state index contributed by atoms with van der Waals surface area (Å²) in [6.45, 7) is 6.08. The summed E-state index contributed by atoms with van der Waals surface area (Å²) in [6.07, 6.45) is 0.349. The van der Waals surface area contributed by atoms with Crippen molar-refractivity contribution in [1.82, 2.24) is 10.6 Å². The van der Waals surface area contributed by atoms with Gasteiger partial charge in [-0.3, -0.25) is 0 Å². The normalized spacial score (nSPS) is 15.2. The highest BCUT2D eigenvalue weighted by Crippen LogP contribution is 2.21. The van der Waals surface area contributed by atoms with Gasteiger partial charge in [0.25, 0.3) is 0 Å². The molecule has 0 aliphatic carbocycles. The fourth-order valence-corrected chi connectivity index (χ4v) is 2.12. The molecular formula is C15H23ClN2O2. The number of carbonyl (C=O) groups excluding carboxylic acids is 1. The lowest BCUT2D eigenvalue weighted by atomic mass is 10.0. The van der Waals surface area contributed by atoms with Gasteiger partial charge < -0.3 is 15.7 Å². The van der Waals surface area contributed by atoms with Gasteiger partial charge in [-0.15, -0.1) is 0 Å². The fourth-order valence-electron chi connectivity index (χ4n) is 1.82. The number of aliphatic hydroxyl groups is 1. The number of amides is 2. The molecular weight excluding hydrogens is 276 g/mol. The quantitative estimate of drug-likeness (QED) is 0.756.